The van der Waals surface area contributed by atoms with Gasteiger partial charge in [-0.3, -0.25) is 4.79 Å². The molecule has 0 saturated carbocycles. The van der Waals surface area contributed by atoms with Gasteiger partial charge in [0.2, 0.25) is 0 Å². The first-order valence-electron chi connectivity index (χ1n) is 9.05. The normalized spacial score (nSPS) is 11.5. The molecule has 0 amide bonds. The van der Waals surface area contributed by atoms with E-state index in [1.54, 1.807) is 6.20 Å². The number of aromatic nitrogens is 4. The lowest BCUT2D eigenvalue weighted by Crippen LogP contribution is -2.06. The molecule has 6 heteroatoms. The fraction of sp³-hybridized carbons (Fsp3) is 0.136. The third kappa shape index (κ3) is 2.82. The molecule has 138 valence electrons. The van der Waals surface area contributed by atoms with Gasteiger partial charge in [-0.25, -0.2) is 9.97 Å². The van der Waals surface area contributed by atoms with E-state index in [0.717, 1.165) is 21.8 Å². The van der Waals surface area contributed by atoms with Crippen LogP contribution in [0, 0.1) is 6.92 Å². The zero-order valence-electron chi connectivity index (χ0n) is 15.6. The SMILES string of the molecule is Cc1csc(CC(=O)c2cc(-c3ccc4c(ccn4C)c3)cn3ccnc23)n1. The van der Waals surface area contributed by atoms with E-state index < -0.39 is 0 Å². The van der Waals surface area contributed by atoms with Gasteiger partial charge in [-0.05, 0) is 42.3 Å². The Balaban J connectivity index is 1.60. The molecular formula is C22H18N4OS. The molecule has 0 fully saturated rings. The van der Waals surface area contributed by atoms with Crippen molar-refractivity contribution in [2.75, 3.05) is 0 Å². The summed E-state index contributed by atoms with van der Waals surface area (Å²) in [6.45, 7) is 1.94. The van der Waals surface area contributed by atoms with Gasteiger partial charge in [0, 0.05) is 53.8 Å². The second-order valence-electron chi connectivity index (χ2n) is 6.98. The number of carbonyl (C=O) groups excluding carboxylic acids is 1. The Labute approximate surface area is 165 Å². The summed E-state index contributed by atoms with van der Waals surface area (Å²) in [5.41, 5.74) is 5.52. The van der Waals surface area contributed by atoms with Crippen LogP contribution in [-0.4, -0.2) is 24.7 Å². The lowest BCUT2D eigenvalue weighted by atomic mass is 10.0. The van der Waals surface area contributed by atoms with Crippen LogP contribution >= 0.6 is 11.3 Å². The number of rotatable bonds is 4. The number of fused-ring (bicyclic) bond motifs is 2. The van der Waals surface area contributed by atoms with Crippen molar-refractivity contribution >= 4 is 33.7 Å². The van der Waals surface area contributed by atoms with Gasteiger partial charge in [0.1, 0.15) is 10.7 Å². The highest BCUT2D eigenvalue weighted by Crippen LogP contribution is 2.27. The molecule has 0 N–H and O–H groups in total. The van der Waals surface area contributed by atoms with Gasteiger partial charge in [0.15, 0.2) is 5.78 Å². The molecule has 0 aliphatic heterocycles. The average molecular weight is 386 g/mol. The number of aryl methyl sites for hydroxylation is 2. The van der Waals surface area contributed by atoms with Crippen LogP contribution in [0.5, 0.6) is 0 Å². The first-order chi connectivity index (χ1) is 13.6. The van der Waals surface area contributed by atoms with Gasteiger partial charge in [-0.1, -0.05) is 6.07 Å². The molecule has 28 heavy (non-hydrogen) atoms. The van der Waals surface area contributed by atoms with Crippen LogP contribution in [-0.2, 0) is 13.5 Å². The number of hydrogen-bond acceptors (Lipinski definition) is 4. The van der Waals surface area contributed by atoms with Crippen LogP contribution < -0.4 is 0 Å². The molecule has 4 aromatic heterocycles. The maximum absolute atomic E-state index is 13.0. The molecule has 0 radical (unpaired) electrons. The molecular weight excluding hydrogens is 368 g/mol. The highest BCUT2D eigenvalue weighted by Gasteiger charge is 2.16. The van der Waals surface area contributed by atoms with E-state index in [2.05, 4.69) is 45.0 Å². The first kappa shape index (κ1) is 16.9. The summed E-state index contributed by atoms with van der Waals surface area (Å²) in [6, 6.07) is 10.4. The molecule has 4 heterocycles. The number of ketones is 1. The first-order valence-corrected chi connectivity index (χ1v) is 9.93. The molecule has 0 aliphatic carbocycles. The fourth-order valence-corrected chi connectivity index (χ4v) is 4.34. The van der Waals surface area contributed by atoms with E-state index in [0.29, 0.717) is 17.6 Å². The van der Waals surface area contributed by atoms with Crippen molar-refractivity contribution < 1.29 is 4.79 Å². The third-order valence-corrected chi connectivity index (χ3v) is 5.95. The van der Waals surface area contributed by atoms with Crippen LogP contribution in [0.4, 0.5) is 0 Å². The quantitative estimate of drug-likeness (QED) is 0.421. The number of pyridine rings is 1. The van der Waals surface area contributed by atoms with Gasteiger partial charge in [0.25, 0.3) is 0 Å². The molecule has 0 bridgehead atoms. The van der Waals surface area contributed by atoms with Gasteiger partial charge in [-0.2, -0.15) is 0 Å². The Hall–Kier alpha value is -3.25. The zero-order valence-corrected chi connectivity index (χ0v) is 16.4. The minimum Gasteiger partial charge on any atom is -0.351 e. The molecule has 0 atom stereocenters. The Kier molecular flexibility index (Phi) is 3.87. The Morgan fingerprint density at radius 2 is 2.04 bits per heavy atom. The smallest absolute Gasteiger partial charge is 0.173 e. The highest BCUT2D eigenvalue weighted by molar-refractivity contribution is 7.09. The van der Waals surface area contributed by atoms with Crippen molar-refractivity contribution in [1.82, 2.24) is 18.9 Å². The Morgan fingerprint density at radius 3 is 2.86 bits per heavy atom. The minimum atomic E-state index is 0.0354. The number of Topliss-reactive ketones (excluding diaryl/α,β-unsaturated/α-hetero) is 1. The van der Waals surface area contributed by atoms with Crippen molar-refractivity contribution in [2.45, 2.75) is 13.3 Å². The summed E-state index contributed by atoms with van der Waals surface area (Å²) in [5, 5.41) is 3.99. The van der Waals surface area contributed by atoms with Crippen molar-refractivity contribution in [1.29, 1.82) is 0 Å². The van der Waals surface area contributed by atoms with Gasteiger partial charge < -0.3 is 8.97 Å². The van der Waals surface area contributed by atoms with E-state index in [-0.39, 0.29) is 5.78 Å². The van der Waals surface area contributed by atoms with E-state index in [1.165, 1.54) is 22.2 Å². The number of carbonyl (C=O) groups is 1. The molecule has 0 aliphatic rings. The van der Waals surface area contributed by atoms with E-state index in [4.69, 9.17) is 0 Å². The summed E-state index contributed by atoms with van der Waals surface area (Å²) in [7, 11) is 2.04. The maximum atomic E-state index is 13.0. The monoisotopic (exact) mass is 386 g/mol. The van der Waals surface area contributed by atoms with Crippen LogP contribution in [0.3, 0.4) is 0 Å². The molecule has 0 unspecified atom stereocenters. The predicted octanol–water partition coefficient (Wildman–Crippen LogP) is 4.68. The predicted molar refractivity (Wildman–Crippen MR) is 112 cm³/mol. The standard InChI is InChI=1S/C22H18N4OS/c1-14-13-28-21(24-14)11-20(27)18-10-17(12-26-8-6-23-22(18)26)15-3-4-19-16(9-15)5-7-25(19)2/h3-10,12-13H,11H2,1-2H3. The van der Waals surface area contributed by atoms with Crippen LogP contribution in [0.2, 0.25) is 0 Å². The lowest BCUT2D eigenvalue weighted by Gasteiger charge is -2.08. The molecule has 1 aromatic carbocycles. The molecule has 0 spiro atoms. The second kappa shape index (κ2) is 6.42. The molecule has 5 aromatic rings. The van der Waals surface area contributed by atoms with Gasteiger partial charge in [-0.15, -0.1) is 11.3 Å². The zero-order chi connectivity index (χ0) is 19.3. The number of imidazole rings is 1. The number of thiazole rings is 1. The van der Waals surface area contributed by atoms with Crippen molar-refractivity contribution in [3.8, 4) is 11.1 Å². The number of hydrogen-bond donors (Lipinski definition) is 0. The highest BCUT2D eigenvalue weighted by atomic mass is 32.1. The molecule has 0 saturated heterocycles. The summed E-state index contributed by atoms with van der Waals surface area (Å²) < 4.78 is 4.02. The summed E-state index contributed by atoms with van der Waals surface area (Å²) in [6.07, 6.45) is 7.98. The second-order valence-corrected chi connectivity index (χ2v) is 7.93. The summed E-state index contributed by atoms with van der Waals surface area (Å²) >= 11 is 1.52. The van der Waals surface area contributed by atoms with Crippen molar-refractivity contribution in [2.24, 2.45) is 7.05 Å². The van der Waals surface area contributed by atoms with E-state index in [1.807, 2.05) is 42.2 Å². The van der Waals surface area contributed by atoms with Gasteiger partial charge in [0.05, 0.1) is 12.0 Å². The van der Waals surface area contributed by atoms with Crippen molar-refractivity contribution in [3.63, 3.8) is 0 Å². The lowest BCUT2D eigenvalue weighted by molar-refractivity contribution is 0.0994. The minimum absolute atomic E-state index is 0.0354. The van der Waals surface area contributed by atoms with Crippen LogP contribution in [0.15, 0.2) is 60.5 Å². The number of benzene rings is 1. The molecule has 5 nitrogen and oxygen atoms in total. The number of nitrogens with zero attached hydrogens (tertiary/aromatic N) is 4. The average Bonchev–Trinajstić information content (AvgIpc) is 3.41. The fourth-order valence-electron chi connectivity index (χ4n) is 3.57. The van der Waals surface area contributed by atoms with Crippen LogP contribution in [0.1, 0.15) is 21.1 Å². The van der Waals surface area contributed by atoms with E-state index >= 15 is 0 Å². The van der Waals surface area contributed by atoms with Crippen LogP contribution in [0.25, 0.3) is 27.7 Å². The van der Waals surface area contributed by atoms with Crippen molar-refractivity contribution in [3.05, 3.63) is 76.8 Å². The topological polar surface area (TPSA) is 52.2 Å². The summed E-state index contributed by atoms with van der Waals surface area (Å²) in [4.78, 5) is 21.9. The summed E-state index contributed by atoms with van der Waals surface area (Å²) in [5.74, 6) is 0.0354. The maximum Gasteiger partial charge on any atom is 0.173 e. The molecule has 5 rings (SSSR count). The van der Waals surface area contributed by atoms with E-state index in [9.17, 15) is 4.79 Å². The van der Waals surface area contributed by atoms with Gasteiger partial charge >= 0.3 is 0 Å². The third-order valence-electron chi connectivity index (χ3n) is 4.98. The largest absolute Gasteiger partial charge is 0.351 e. The Morgan fingerprint density at radius 1 is 1.14 bits per heavy atom. The Bertz CT molecular complexity index is 1340.